The van der Waals surface area contributed by atoms with Gasteiger partial charge in [0.1, 0.15) is 6.67 Å². The lowest BCUT2D eigenvalue weighted by Crippen LogP contribution is -1.77. The molecule has 0 saturated heterocycles. The van der Waals surface area contributed by atoms with Crippen LogP contribution in [0.25, 0.3) is 0 Å². The molecule has 0 fully saturated rings. The molecule has 0 radical (unpaired) electrons. The normalized spacial score (nSPS) is 10.7. The predicted octanol–water partition coefficient (Wildman–Crippen LogP) is 3.40. The Hall–Kier alpha value is -1.54. The molecule has 0 heterocycles. The molecule has 0 atom stereocenters. The van der Waals surface area contributed by atoms with Crippen LogP contribution >= 0.6 is 0 Å². The lowest BCUT2D eigenvalue weighted by atomic mass is 10.2. The summed E-state index contributed by atoms with van der Waals surface area (Å²) in [6.07, 6.45) is 8.60. The fourth-order valence-corrected chi connectivity index (χ4v) is 0.522. The molecule has 14 heavy (non-hydrogen) atoms. The van der Waals surface area contributed by atoms with E-state index >= 15 is 0 Å². The fourth-order valence-electron chi connectivity index (χ4n) is 0.522. The second kappa shape index (κ2) is 11.5. The van der Waals surface area contributed by atoms with Crippen LogP contribution in [-0.4, -0.2) is 6.67 Å². The van der Waals surface area contributed by atoms with E-state index < -0.39 is 6.67 Å². The maximum Gasteiger partial charge on any atom is 0.111 e. The van der Waals surface area contributed by atoms with Crippen LogP contribution in [0.4, 0.5) is 4.39 Å². The van der Waals surface area contributed by atoms with Crippen LogP contribution in [0.15, 0.2) is 23.3 Å². The molecule has 2 heteroatoms. The summed E-state index contributed by atoms with van der Waals surface area (Å²) in [5.74, 6) is 2.25. The number of nitrogens with zero attached hydrogens (tertiary/aromatic N) is 1. The topological polar surface area (TPSA) is 23.8 Å². The van der Waals surface area contributed by atoms with Gasteiger partial charge < -0.3 is 0 Å². The van der Waals surface area contributed by atoms with Gasteiger partial charge in [-0.2, -0.15) is 5.26 Å². The van der Waals surface area contributed by atoms with Crippen molar-refractivity contribution in [3.05, 3.63) is 23.3 Å². The zero-order chi connectivity index (χ0) is 11.4. The summed E-state index contributed by atoms with van der Waals surface area (Å²) in [6.45, 7) is 4.80. The number of alkyl halides is 1. The first-order valence-electron chi connectivity index (χ1n) is 4.35. The number of terminal acetylenes is 1. The molecule has 0 rings (SSSR count). The van der Waals surface area contributed by atoms with E-state index in [4.69, 9.17) is 5.26 Å². The highest BCUT2D eigenvalue weighted by atomic mass is 19.1. The van der Waals surface area contributed by atoms with Crippen molar-refractivity contribution < 1.29 is 4.39 Å². The van der Waals surface area contributed by atoms with Crippen LogP contribution in [0.3, 0.4) is 0 Å². The summed E-state index contributed by atoms with van der Waals surface area (Å²) >= 11 is 0. The predicted molar refractivity (Wildman–Crippen MR) is 58.2 cm³/mol. The van der Waals surface area contributed by atoms with E-state index in [9.17, 15) is 4.39 Å². The van der Waals surface area contributed by atoms with E-state index in [0.717, 1.165) is 0 Å². The monoisotopic (exact) mass is 193 g/mol. The molecule has 0 aromatic carbocycles. The van der Waals surface area contributed by atoms with Gasteiger partial charge >= 0.3 is 0 Å². The van der Waals surface area contributed by atoms with Crippen LogP contribution in [0.2, 0.25) is 0 Å². The first-order chi connectivity index (χ1) is 6.65. The van der Waals surface area contributed by atoms with Crippen LogP contribution in [0, 0.1) is 23.7 Å². The third-order valence-corrected chi connectivity index (χ3v) is 1.30. The molecule has 0 saturated carbocycles. The van der Waals surface area contributed by atoms with E-state index in [-0.39, 0.29) is 0 Å². The molecule has 0 aromatic heterocycles. The summed E-state index contributed by atoms with van der Waals surface area (Å²) in [4.78, 5) is 0. The number of nitriles is 1. The zero-order valence-electron chi connectivity index (χ0n) is 8.97. The molecule has 0 unspecified atom stereocenters. The highest BCUT2D eigenvalue weighted by molar-refractivity contribution is 5.26. The third-order valence-electron chi connectivity index (χ3n) is 1.30. The Labute approximate surface area is 85.9 Å². The number of halogens is 1. The maximum atomic E-state index is 11.9. The third kappa shape index (κ3) is 10.5. The first kappa shape index (κ1) is 15.0. The van der Waals surface area contributed by atoms with E-state index in [2.05, 4.69) is 12.3 Å². The Kier molecular flexibility index (Phi) is 12.2. The van der Waals surface area contributed by atoms with E-state index in [1.807, 2.05) is 13.0 Å². The van der Waals surface area contributed by atoms with Crippen LogP contribution in [0.5, 0.6) is 0 Å². The summed E-state index contributed by atoms with van der Waals surface area (Å²) in [6, 6.07) is 2.03. The van der Waals surface area contributed by atoms with Gasteiger partial charge in [-0.3, -0.25) is 0 Å². The standard InChI is InChI=1S/C9H12FN.C3H4/c1-3-9(7-11)5-4-8(2)6-10;1-3-2/h4-5H,3,6H2,1-2H3;1H,2H3/b8-4-,9-5+;. The number of hydrogen-bond acceptors (Lipinski definition) is 1. The molecule has 0 aromatic rings. The molecule has 0 aliphatic carbocycles. The highest BCUT2D eigenvalue weighted by Gasteiger charge is 1.88. The molecule has 0 aliphatic heterocycles. The Morgan fingerprint density at radius 1 is 1.50 bits per heavy atom. The minimum Gasteiger partial charge on any atom is -0.246 e. The molecular weight excluding hydrogens is 177 g/mol. The minimum atomic E-state index is -0.446. The van der Waals surface area contributed by atoms with E-state index in [0.29, 0.717) is 17.6 Å². The number of rotatable bonds is 3. The SMILES string of the molecule is C#CC.CC/C(C#N)=C\C=C(\C)CF. The van der Waals surface area contributed by atoms with Gasteiger partial charge in [0.05, 0.1) is 6.07 Å². The quantitative estimate of drug-likeness (QED) is 0.383. The summed E-state index contributed by atoms with van der Waals surface area (Å²) in [5, 5.41) is 8.47. The molecule has 0 amide bonds. The molecule has 76 valence electrons. The average molecular weight is 193 g/mol. The van der Waals surface area contributed by atoms with Crippen molar-refractivity contribution >= 4 is 0 Å². The van der Waals surface area contributed by atoms with Crippen molar-refractivity contribution in [2.24, 2.45) is 0 Å². The van der Waals surface area contributed by atoms with Gasteiger partial charge in [-0.1, -0.05) is 13.0 Å². The smallest absolute Gasteiger partial charge is 0.111 e. The van der Waals surface area contributed by atoms with Crippen molar-refractivity contribution in [1.82, 2.24) is 0 Å². The van der Waals surface area contributed by atoms with Crippen molar-refractivity contribution in [3.63, 3.8) is 0 Å². The Morgan fingerprint density at radius 2 is 2.00 bits per heavy atom. The molecule has 0 bridgehead atoms. The van der Waals surface area contributed by atoms with Crippen molar-refractivity contribution in [1.29, 1.82) is 5.26 Å². The van der Waals surface area contributed by atoms with Gasteiger partial charge in [0.15, 0.2) is 0 Å². The largest absolute Gasteiger partial charge is 0.246 e. The molecule has 1 nitrogen and oxygen atoms in total. The van der Waals surface area contributed by atoms with Gasteiger partial charge in [-0.05, 0) is 31.9 Å². The van der Waals surface area contributed by atoms with Gasteiger partial charge in [-0.15, -0.1) is 12.3 Å². The second-order valence-electron chi connectivity index (χ2n) is 2.59. The summed E-state index contributed by atoms with van der Waals surface area (Å²) in [7, 11) is 0. The van der Waals surface area contributed by atoms with Crippen molar-refractivity contribution in [2.45, 2.75) is 27.2 Å². The zero-order valence-corrected chi connectivity index (χ0v) is 8.97. The minimum absolute atomic E-state index is 0.446. The molecule has 0 spiro atoms. The average Bonchev–Trinajstić information content (AvgIpc) is 2.20. The summed E-state index contributed by atoms with van der Waals surface area (Å²) in [5.41, 5.74) is 1.32. The van der Waals surface area contributed by atoms with Crippen LogP contribution in [0.1, 0.15) is 27.2 Å². The van der Waals surface area contributed by atoms with Crippen LogP contribution in [-0.2, 0) is 0 Å². The second-order valence-corrected chi connectivity index (χ2v) is 2.59. The molecular formula is C12H16FN. The van der Waals surface area contributed by atoms with Gasteiger partial charge in [0, 0.05) is 5.57 Å². The Morgan fingerprint density at radius 3 is 2.29 bits per heavy atom. The van der Waals surface area contributed by atoms with Gasteiger partial charge in [0.2, 0.25) is 0 Å². The fraction of sp³-hybridized carbons (Fsp3) is 0.417. The Bertz CT molecular complexity index is 274. The maximum absolute atomic E-state index is 11.9. The van der Waals surface area contributed by atoms with Crippen LogP contribution < -0.4 is 0 Å². The van der Waals surface area contributed by atoms with Crippen molar-refractivity contribution in [2.75, 3.05) is 6.67 Å². The highest BCUT2D eigenvalue weighted by Crippen LogP contribution is 2.01. The van der Waals surface area contributed by atoms with Gasteiger partial charge in [0.25, 0.3) is 0 Å². The molecule has 0 aliphatic rings. The Balaban J connectivity index is 0. The lowest BCUT2D eigenvalue weighted by molar-refractivity contribution is 0.543. The van der Waals surface area contributed by atoms with E-state index in [1.165, 1.54) is 0 Å². The number of hydrogen-bond donors (Lipinski definition) is 0. The summed E-state index contributed by atoms with van der Waals surface area (Å²) < 4.78 is 11.9. The number of allylic oxidation sites excluding steroid dienone is 4. The lowest BCUT2D eigenvalue weighted by Gasteiger charge is -1.89. The van der Waals surface area contributed by atoms with E-state index in [1.54, 1.807) is 26.0 Å². The van der Waals surface area contributed by atoms with Crippen molar-refractivity contribution in [3.8, 4) is 18.4 Å². The molecule has 0 N–H and O–H groups in total. The first-order valence-corrected chi connectivity index (χ1v) is 4.35. The van der Waals surface area contributed by atoms with Gasteiger partial charge in [-0.25, -0.2) is 4.39 Å².